The van der Waals surface area contributed by atoms with Gasteiger partial charge in [0.05, 0.1) is 18.8 Å². The second-order valence-corrected chi connectivity index (χ2v) is 18.2. The molecule has 2 aromatic rings. The van der Waals surface area contributed by atoms with E-state index in [1.165, 1.54) is 11.8 Å². The lowest BCUT2D eigenvalue weighted by Gasteiger charge is -2.54. The van der Waals surface area contributed by atoms with Crippen molar-refractivity contribution in [1.29, 1.82) is 0 Å². The van der Waals surface area contributed by atoms with Gasteiger partial charge in [-0.15, -0.1) is 0 Å². The van der Waals surface area contributed by atoms with Gasteiger partial charge >= 0.3 is 5.97 Å². The first kappa shape index (κ1) is 42.6. The van der Waals surface area contributed by atoms with Crippen molar-refractivity contribution in [2.24, 2.45) is 17.3 Å². The maximum Gasteiger partial charge on any atom is 0.341 e. The molecule has 294 valence electrons. The summed E-state index contributed by atoms with van der Waals surface area (Å²) in [6.45, 7) is 22.5. The average Bonchev–Trinajstić information content (AvgIpc) is 3.06. The number of piperidine rings is 1. The number of benzene rings is 2. The maximum absolute atomic E-state index is 14.5. The fourth-order valence-electron chi connectivity index (χ4n) is 7.89. The normalized spacial score (nSPS) is 20.5. The van der Waals surface area contributed by atoms with E-state index in [1.54, 1.807) is 24.3 Å². The van der Waals surface area contributed by atoms with Gasteiger partial charge in [-0.2, -0.15) is 4.31 Å². The molecule has 2 heterocycles. The number of hydrogen-bond acceptors (Lipinski definition) is 7. The highest BCUT2D eigenvalue weighted by molar-refractivity contribution is 7.89. The summed E-state index contributed by atoms with van der Waals surface area (Å²) in [5, 5.41) is 9.89. The zero-order valence-electron chi connectivity index (χ0n) is 33.2. The average molecular weight is 775 g/mol. The minimum Gasteiger partial charge on any atom is -0.490 e. The van der Waals surface area contributed by atoms with E-state index < -0.39 is 28.7 Å². The molecule has 1 N–H and O–H groups in total. The molecule has 0 aliphatic carbocycles. The first-order chi connectivity index (χ1) is 24.7. The molecular weight excluding hydrogens is 716 g/mol. The molecule has 10 nitrogen and oxygen atoms in total. The van der Waals surface area contributed by atoms with Crippen LogP contribution in [0.2, 0.25) is 5.02 Å². The predicted octanol–water partition coefficient (Wildman–Crippen LogP) is 8.25. The largest absolute Gasteiger partial charge is 0.490 e. The lowest BCUT2D eigenvalue weighted by atomic mass is 9.62. The van der Waals surface area contributed by atoms with E-state index in [-0.39, 0.29) is 46.5 Å². The van der Waals surface area contributed by atoms with Crippen LogP contribution in [-0.4, -0.2) is 80.6 Å². The number of rotatable bonds is 14. The number of amides is 1. The molecule has 2 fully saturated rings. The third kappa shape index (κ3) is 9.40. The zero-order chi connectivity index (χ0) is 39.6. The summed E-state index contributed by atoms with van der Waals surface area (Å²) in [7, 11) is -2.35. The second-order valence-electron chi connectivity index (χ2n) is 15.9. The van der Waals surface area contributed by atoms with Crippen molar-refractivity contribution >= 4 is 33.5 Å². The number of carbonyl (C=O) groups excluding carboxylic acids is 1. The molecule has 12 heteroatoms. The third-order valence-electron chi connectivity index (χ3n) is 11.1. The minimum atomic E-state index is -4.02. The molecule has 2 aliphatic rings. The highest BCUT2D eigenvalue weighted by Crippen LogP contribution is 2.56. The van der Waals surface area contributed by atoms with E-state index in [0.29, 0.717) is 60.3 Å². The number of carboxylic acids is 1. The molecule has 0 bridgehead atoms. The summed E-state index contributed by atoms with van der Waals surface area (Å²) in [4.78, 5) is 24.9. The number of aryl methyl sites for hydroxylation is 2. The van der Waals surface area contributed by atoms with Gasteiger partial charge in [0, 0.05) is 43.6 Å². The van der Waals surface area contributed by atoms with Crippen LogP contribution in [0.4, 0.5) is 0 Å². The van der Waals surface area contributed by atoms with Crippen molar-refractivity contribution in [3.05, 3.63) is 63.2 Å². The Bertz CT molecular complexity index is 1800. The lowest BCUT2D eigenvalue weighted by molar-refractivity contribution is -0.173. The first-order valence-corrected chi connectivity index (χ1v) is 20.5. The molecule has 0 radical (unpaired) electrons. The Kier molecular flexibility index (Phi) is 13.8. The molecule has 0 unspecified atom stereocenters. The van der Waals surface area contributed by atoms with Crippen LogP contribution in [0.3, 0.4) is 0 Å². The molecule has 1 spiro atoms. The lowest BCUT2D eigenvalue weighted by Crippen LogP contribution is -2.53. The van der Waals surface area contributed by atoms with Gasteiger partial charge in [-0.25, -0.2) is 13.2 Å². The maximum atomic E-state index is 14.5. The highest BCUT2D eigenvalue weighted by atomic mass is 35.5. The van der Waals surface area contributed by atoms with Crippen LogP contribution in [0.25, 0.3) is 0 Å². The molecule has 2 saturated heterocycles. The molecule has 0 aromatic heterocycles. The topological polar surface area (TPSA) is 123 Å². The van der Waals surface area contributed by atoms with Gasteiger partial charge in [0.25, 0.3) is 0 Å². The van der Waals surface area contributed by atoms with Gasteiger partial charge < -0.3 is 24.2 Å². The molecule has 2 aromatic carbocycles. The van der Waals surface area contributed by atoms with E-state index in [1.807, 2.05) is 26.8 Å². The van der Waals surface area contributed by atoms with Crippen LogP contribution < -0.4 is 9.47 Å². The van der Waals surface area contributed by atoms with Crippen molar-refractivity contribution in [2.75, 3.05) is 39.9 Å². The molecule has 1 amide bonds. The quantitative estimate of drug-likeness (QED) is 0.191. The number of sulfonamides is 1. The van der Waals surface area contributed by atoms with E-state index in [2.05, 4.69) is 40.3 Å². The Morgan fingerprint density at radius 2 is 1.70 bits per heavy atom. The number of nitrogens with zero attached hydrogens (tertiary/aromatic N) is 2. The van der Waals surface area contributed by atoms with Crippen LogP contribution in [0.5, 0.6) is 11.5 Å². The molecule has 3 atom stereocenters. The minimum absolute atomic E-state index is 0.0576. The summed E-state index contributed by atoms with van der Waals surface area (Å²) >= 11 is 6.65. The van der Waals surface area contributed by atoms with Gasteiger partial charge in [-0.1, -0.05) is 57.5 Å². The van der Waals surface area contributed by atoms with Gasteiger partial charge in [0.15, 0.2) is 6.61 Å². The van der Waals surface area contributed by atoms with Gasteiger partial charge in [0.1, 0.15) is 23.0 Å². The number of halogens is 1. The highest BCUT2D eigenvalue weighted by Gasteiger charge is 2.52. The summed E-state index contributed by atoms with van der Waals surface area (Å²) in [6.07, 6.45) is 2.11. The van der Waals surface area contributed by atoms with Gasteiger partial charge in [-0.05, 0) is 105 Å². The number of likely N-dealkylation sites (N-methyl/N-ethyl adjacent to an activating group) is 1. The van der Waals surface area contributed by atoms with Crippen molar-refractivity contribution in [2.45, 2.75) is 111 Å². The summed E-state index contributed by atoms with van der Waals surface area (Å²) in [6, 6.07) is 5.74. The Morgan fingerprint density at radius 3 is 2.25 bits per heavy atom. The third-order valence-corrected chi connectivity index (χ3v) is 13.8. The fraction of sp³-hybridized carbons (Fsp3) is 0.610. The predicted molar refractivity (Wildman–Crippen MR) is 209 cm³/mol. The van der Waals surface area contributed by atoms with Crippen LogP contribution in [0.15, 0.2) is 35.2 Å². The SMILES string of the molecule is C=C(C)[C@@H]1CC2(CCN(S(=O)(=O)c3c(OCCN(C)C(C)=O)cc(C)c(Cl)c3C)CC2)[C@@H](CC(C)C)O[C@H]1c1c(C)cc(C(C)C)cc1OCC(=O)O. The van der Waals surface area contributed by atoms with Gasteiger partial charge in [-0.3, -0.25) is 4.79 Å². The second kappa shape index (κ2) is 17.1. The molecule has 0 saturated carbocycles. The van der Waals surface area contributed by atoms with E-state index in [4.69, 9.17) is 25.8 Å². The first-order valence-electron chi connectivity index (χ1n) is 18.6. The van der Waals surface area contributed by atoms with Crippen molar-refractivity contribution < 1.29 is 37.3 Å². The van der Waals surface area contributed by atoms with Crippen LogP contribution in [0.1, 0.15) is 107 Å². The Morgan fingerprint density at radius 1 is 1.06 bits per heavy atom. The zero-order valence-corrected chi connectivity index (χ0v) is 34.7. The van der Waals surface area contributed by atoms with Crippen molar-refractivity contribution in [3.8, 4) is 11.5 Å². The number of ether oxygens (including phenoxy) is 3. The monoisotopic (exact) mass is 774 g/mol. The molecule has 4 rings (SSSR count). The Balaban J connectivity index is 1.69. The molecule has 2 aliphatic heterocycles. The molecular formula is C41H59ClN2O8S. The Labute approximate surface area is 321 Å². The number of aliphatic carboxylic acids is 1. The van der Waals surface area contributed by atoms with Gasteiger partial charge in [0.2, 0.25) is 15.9 Å². The number of carboxylic acid groups (broad SMARTS) is 1. The van der Waals surface area contributed by atoms with Crippen molar-refractivity contribution in [1.82, 2.24) is 9.21 Å². The standard InChI is InChI=1S/C41H59ClN2O8S/c1-24(2)18-35-41(22-32(26(5)6)39(52-35)37-27(7)19-31(25(3)4)21-33(37)51-23-36(46)47)12-14-44(15-13-41)53(48,49)40-29(9)38(42)28(8)20-34(40)50-17-16-43(11)30(10)45/h19-21,24-25,32,35,39H,5,12-18,22-23H2,1-4,6-11H3,(H,46,47)/t32-,35+,39+/m0/s1. The Hall–Kier alpha value is -3.12. The van der Waals surface area contributed by atoms with Crippen molar-refractivity contribution in [3.63, 3.8) is 0 Å². The smallest absolute Gasteiger partial charge is 0.341 e. The van der Waals surface area contributed by atoms with E-state index >= 15 is 0 Å². The van der Waals surface area contributed by atoms with E-state index in [0.717, 1.165) is 35.1 Å². The number of carbonyl (C=O) groups is 2. The van der Waals surface area contributed by atoms with E-state index in [9.17, 15) is 23.1 Å². The summed E-state index contributed by atoms with van der Waals surface area (Å²) in [5.74, 6) is 0.00559. The molecule has 53 heavy (non-hydrogen) atoms. The summed E-state index contributed by atoms with van der Waals surface area (Å²) in [5.41, 5.74) is 4.65. The van der Waals surface area contributed by atoms with Crippen LogP contribution in [-0.2, 0) is 24.3 Å². The van der Waals surface area contributed by atoms with Crippen LogP contribution >= 0.6 is 11.6 Å². The summed E-state index contributed by atoms with van der Waals surface area (Å²) < 4.78 is 49.8. The van der Waals surface area contributed by atoms with Crippen LogP contribution in [0, 0.1) is 38.0 Å². The fourth-order valence-corrected chi connectivity index (χ4v) is 9.88. The number of hydrogen-bond donors (Lipinski definition) is 1.